The van der Waals surface area contributed by atoms with Crippen molar-refractivity contribution >= 4 is 0 Å². The van der Waals surface area contributed by atoms with Gasteiger partial charge in [0.15, 0.2) is 0 Å². The van der Waals surface area contributed by atoms with Gasteiger partial charge < -0.3 is 15.5 Å². The molecular formula is C14H23NO2. The lowest BCUT2D eigenvalue weighted by Gasteiger charge is -2.23. The minimum atomic E-state index is -0.490. The maximum atomic E-state index is 9.99. The van der Waals surface area contributed by atoms with Crippen molar-refractivity contribution in [3.05, 3.63) is 35.9 Å². The predicted molar refractivity (Wildman–Crippen MR) is 69.7 cm³/mol. The van der Waals surface area contributed by atoms with Crippen LogP contribution in [0.3, 0.4) is 0 Å². The van der Waals surface area contributed by atoms with Gasteiger partial charge in [-0.25, -0.2) is 0 Å². The van der Waals surface area contributed by atoms with Gasteiger partial charge in [-0.1, -0.05) is 44.2 Å². The smallest absolute Gasteiger partial charge is 0.0914 e. The fourth-order valence-corrected chi connectivity index (χ4v) is 1.87. The van der Waals surface area contributed by atoms with Gasteiger partial charge in [0.05, 0.1) is 6.10 Å². The molecule has 0 saturated carbocycles. The number of aliphatic hydroxyl groups is 2. The van der Waals surface area contributed by atoms with Gasteiger partial charge in [-0.15, -0.1) is 0 Å². The molecule has 0 heterocycles. The zero-order valence-corrected chi connectivity index (χ0v) is 10.6. The van der Waals surface area contributed by atoms with Gasteiger partial charge in [-0.3, -0.25) is 0 Å². The fraction of sp³-hybridized carbons (Fsp3) is 0.571. The first-order chi connectivity index (χ1) is 8.15. The van der Waals surface area contributed by atoms with E-state index in [1.54, 1.807) is 0 Å². The van der Waals surface area contributed by atoms with Crippen molar-refractivity contribution in [2.45, 2.75) is 32.4 Å². The van der Waals surface area contributed by atoms with Gasteiger partial charge >= 0.3 is 0 Å². The van der Waals surface area contributed by atoms with E-state index in [2.05, 4.69) is 19.2 Å². The summed E-state index contributed by atoms with van der Waals surface area (Å²) in [5.74, 6) is 0.449. The van der Waals surface area contributed by atoms with Crippen molar-refractivity contribution in [2.24, 2.45) is 5.92 Å². The van der Waals surface area contributed by atoms with Crippen molar-refractivity contribution in [3.8, 4) is 0 Å². The highest BCUT2D eigenvalue weighted by Gasteiger charge is 2.14. The number of hydrogen-bond acceptors (Lipinski definition) is 3. The van der Waals surface area contributed by atoms with Gasteiger partial charge in [0.1, 0.15) is 0 Å². The molecule has 0 aromatic heterocycles. The first-order valence-corrected chi connectivity index (χ1v) is 6.22. The molecule has 3 N–H and O–H groups in total. The molecule has 0 bridgehead atoms. The van der Waals surface area contributed by atoms with Crippen LogP contribution in [0.5, 0.6) is 0 Å². The van der Waals surface area contributed by atoms with Crippen LogP contribution in [-0.4, -0.2) is 29.4 Å². The van der Waals surface area contributed by atoms with Gasteiger partial charge in [-0.2, -0.15) is 0 Å². The van der Waals surface area contributed by atoms with Crippen LogP contribution >= 0.6 is 0 Å². The Bertz CT molecular complexity index is 300. The summed E-state index contributed by atoms with van der Waals surface area (Å²) in [7, 11) is 0. The summed E-state index contributed by atoms with van der Waals surface area (Å²) in [5.41, 5.74) is 0.923. The molecular weight excluding hydrogens is 214 g/mol. The molecule has 0 aliphatic heterocycles. The molecule has 0 spiro atoms. The standard InChI is InChI=1S/C14H23NO2/c1-11(2)13(8-9-16)15-10-14(17)12-6-4-3-5-7-12/h3-7,11,13-17H,8-10H2,1-2H3. The Balaban J connectivity index is 2.43. The third kappa shape index (κ3) is 4.86. The monoisotopic (exact) mass is 237 g/mol. The van der Waals surface area contributed by atoms with Crippen molar-refractivity contribution in [1.29, 1.82) is 0 Å². The average Bonchev–Trinajstić information content (AvgIpc) is 2.34. The molecule has 0 aliphatic carbocycles. The van der Waals surface area contributed by atoms with Crippen LogP contribution < -0.4 is 5.32 Å². The first kappa shape index (κ1) is 14.2. The SMILES string of the molecule is CC(C)C(CCO)NCC(O)c1ccccc1. The highest BCUT2D eigenvalue weighted by atomic mass is 16.3. The van der Waals surface area contributed by atoms with E-state index < -0.39 is 6.10 Å². The van der Waals surface area contributed by atoms with Gasteiger partial charge in [0.25, 0.3) is 0 Å². The van der Waals surface area contributed by atoms with Gasteiger partial charge in [0.2, 0.25) is 0 Å². The van der Waals surface area contributed by atoms with E-state index in [0.29, 0.717) is 12.5 Å². The van der Waals surface area contributed by atoms with Gasteiger partial charge in [-0.05, 0) is 17.9 Å². The number of aliphatic hydroxyl groups excluding tert-OH is 2. The van der Waals surface area contributed by atoms with Gasteiger partial charge in [0, 0.05) is 19.2 Å². The first-order valence-electron chi connectivity index (χ1n) is 6.22. The van der Waals surface area contributed by atoms with E-state index >= 15 is 0 Å². The van der Waals surface area contributed by atoms with Crippen molar-refractivity contribution in [1.82, 2.24) is 5.32 Å². The highest BCUT2D eigenvalue weighted by Crippen LogP contribution is 2.12. The second-order valence-electron chi connectivity index (χ2n) is 4.70. The fourth-order valence-electron chi connectivity index (χ4n) is 1.87. The summed E-state index contributed by atoms with van der Waals surface area (Å²) < 4.78 is 0. The van der Waals surface area contributed by atoms with E-state index in [0.717, 1.165) is 12.0 Å². The Morgan fingerprint density at radius 3 is 2.35 bits per heavy atom. The Kier molecular flexibility index (Phi) is 6.19. The van der Waals surface area contributed by atoms with Crippen LogP contribution in [0.4, 0.5) is 0 Å². The van der Waals surface area contributed by atoms with E-state index in [-0.39, 0.29) is 12.6 Å². The van der Waals surface area contributed by atoms with Crippen LogP contribution in [0, 0.1) is 5.92 Å². The molecule has 0 radical (unpaired) electrons. The van der Waals surface area contributed by atoms with Crippen molar-refractivity contribution < 1.29 is 10.2 Å². The van der Waals surface area contributed by atoms with Crippen molar-refractivity contribution in [2.75, 3.05) is 13.2 Å². The maximum absolute atomic E-state index is 9.99. The second-order valence-corrected chi connectivity index (χ2v) is 4.70. The Morgan fingerprint density at radius 2 is 1.82 bits per heavy atom. The molecule has 0 saturated heterocycles. The molecule has 17 heavy (non-hydrogen) atoms. The Hall–Kier alpha value is -0.900. The number of nitrogens with one attached hydrogen (secondary N) is 1. The summed E-state index contributed by atoms with van der Waals surface area (Å²) in [6.07, 6.45) is 0.232. The lowest BCUT2D eigenvalue weighted by Crippen LogP contribution is -2.37. The third-order valence-corrected chi connectivity index (χ3v) is 3.00. The molecule has 3 nitrogen and oxygen atoms in total. The number of benzene rings is 1. The summed E-state index contributed by atoms with van der Waals surface area (Å²) in [6.45, 7) is 4.93. The number of rotatable bonds is 7. The Morgan fingerprint density at radius 1 is 1.18 bits per heavy atom. The van der Waals surface area contributed by atoms with E-state index in [1.807, 2.05) is 30.3 Å². The molecule has 1 rings (SSSR count). The molecule has 0 fully saturated rings. The predicted octanol–water partition coefficient (Wildman–Crippen LogP) is 1.72. The van der Waals surface area contributed by atoms with Crippen LogP contribution in [0.1, 0.15) is 31.9 Å². The summed E-state index contributed by atoms with van der Waals surface area (Å²) in [4.78, 5) is 0. The highest BCUT2D eigenvalue weighted by molar-refractivity contribution is 5.17. The van der Waals surface area contributed by atoms with E-state index in [9.17, 15) is 5.11 Å². The minimum absolute atomic E-state index is 0.178. The summed E-state index contributed by atoms with van der Waals surface area (Å²) in [5, 5.41) is 22.3. The molecule has 0 aliphatic rings. The molecule has 1 aromatic rings. The quantitative estimate of drug-likeness (QED) is 0.677. The molecule has 0 amide bonds. The second kappa shape index (κ2) is 7.43. The maximum Gasteiger partial charge on any atom is 0.0914 e. The lowest BCUT2D eigenvalue weighted by molar-refractivity contribution is 0.159. The zero-order valence-electron chi connectivity index (χ0n) is 10.6. The van der Waals surface area contributed by atoms with Crippen LogP contribution in [0.15, 0.2) is 30.3 Å². The lowest BCUT2D eigenvalue weighted by atomic mass is 10.0. The van der Waals surface area contributed by atoms with E-state index in [4.69, 9.17) is 5.11 Å². The third-order valence-electron chi connectivity index (χ3n) is 3.00. The van der Waals surface area contributed by atoms with Crippen molar-refractivity contribution in [3.63, 3.8) is 0 Å². The summed E-state index contributed by atoms with van der Waals surface area (Å²) in [6, 6.07) is 9.87. The number of hydrogen-bond donors (Lipinski definition) is 3. The molecule has 96 valence electrons. The molecule has 2 atom stereocenters. The molecule has 1 aromatic carbocycles. The van der Waals surface area contributed by atoms with Crippen LogP contribution in [-0.2, 0) is 0 Å². The zero-order chi connectivity index (χ0) is 12.7. The van der Waals surface area contributed by atoms with Crippen LogP contribution in [0.2, 0.25) is 0 Å². The summed E-state index contributed by atoms with van der Waals surface area (Å²) >= 11 is 0. The van der Waals surface area contributed by atoms with Crippen LogP contribution in [0.25, 0.3) is 0 Å². The minimum Gasteiger partial charge on any atom is -0.396 e. The Labute approximate surface area is 103 Å². The molecule has 3 heteroatoms. The topological polar surface area (TPSA) is 52.5 Å². The molecule has 2 unspecified atom stereocenters. The largest absolute Gasteiger partial charge is 0.396 e. The normalized spacial score (nSPS) is 14.9. The van der Waals surface area contributed by atoms with E-state index in [1.165, 1.54) is 0 Å². The average molecular weight is 237 g/mol.